The third-order valence-corrected chi connectivity index (χ3v) is 4.38. The van der Waals surface area contributed by atoms with Gasteiger partial charge in [-0.25, -0.2) is 0 Å². The summed E-state index contributed by atoms with van der Waals surface area (Å²) in [5, 5.41) is 0. The average molecular weight is 340 g/mol. The van der Waals surface area contributed by atoms with Crippen LogP contribution in [0.15, 0.2) is 42.5 Å². The number of methoxy groups -OCH3 is 2. The first-order valence-electron chi connectivity index (χ1n) is 7.97. The van der Waals surface area contributed by atoms with Crippen LogP contribution < -0.4 is 15.2 Å². The van der Waals surface area contributed by atoms with Gasteiger partial charge in [0.1, 0.15) is 0 Å². The maximum absolute atomic E-state index is 12.8. The van der Waals surface area contributed by atoms with Crippen LogP contribution in [-0.4, -0.2) is 37.5 Å². The van der Waals surface area contributed by atoms with Crippen LogP contribution in [0, 0.1) is 0 Å². The molecule has 25 heavy (non-hydrogen) atoms. The molecule has 0 saturated heterocycles. The summed E-state index contributed by atoms with van der Waals surface area (Å²) in [5.74, 6) is 0.672. The highest BCUT2D eigenvalue weighted by Crippen LogP contribution is 2.41. The maximum atomic E-state index is 12.8. The highest BCUT2D eigenvalue weighted by atomic mass is 16.5. The summed E-state index contributed by atoms with van der Waals surface area (Å²) in [6.07, 6.45) is 0.115. The number of nitrogens with zero attached hydrogens (tertiary/aromatic N) is 1. The van der Waals surface area contributed by atoms with E-state index >= 15 is 0 Å². The number of carbonyl (C=O) groups excluding carboxylic acids is 2. The van der Waals surface area contributed by atoms with Crippen LogP contribution in [0.25, 0.3) is 0 Å². The standard InChI is InChI=1S/C19H20N2O4/c1-24-15-8-7-12(11-16(15)25-2)18-13-5-3-4-6-14(13)19(23)21(18)10-9-17(20)22/h3-8,11,18H,9-10H2,1-2H3,(H2,20,22)/t18-/m1/s1. The zero-order valence-corrected chi connectivity index (χ0v) is 14.2. The molecule has 1 atom stereocenters. The molecular weight excluding hydrogens is 320 g/mol. The first kappa shape index (κ1) is 16.8. The third-order valence-electron chi connectivity index (χ3n) is 4.38. The van der Waals surface area contributed by atoms with Gasteiger partial charge in [-0.15, -0.1) is 0 Å². The molecule has 1 heterocycles. The Morgan fingerprint density at radius 1 is 1.12 bits per heavy atom. The van der Waals surface area contributed by atoms with E-state index in [0.29, 0.717) is 17.1 Å². The Hall–Kier alpha value is -3.02. The van der Waals surface area contributed by atoms with Gasteiger partial charge in [0.25, 0.3) is 5.91 Å². The molecule has 6 nitrogen and oxygen atoms in total. The van der Waals surface area contributed by atoms with Gasteiger partial charge < -0.3 is 20.1 Å². The van der Waals surface area contributed by atoms with Crippen molar-refractivity contribution >= 4 is 11.8 Å². The molecule has 130 valence electrons. The van der Waals surface area contributed by atoms with E-state index in [0.717, 1.165) is 11.1 Å². The smallest absolute Gasteiger partial charge is 0.255 e. The van der Waals surface area contributed by atoms with Gasteiger partial charge in [-0.3, -0.25) is 9.59 Å². The van der Waals surface area contributed by atoms with Crippen LogP contribution in [-0.2, 0) is 4.79 Å². The quantitative estimate of drug-likeness (QED) is 0.873. The molecule has 0 aliphatic carbocycles. The maximum Gasteiger partial charge on any atom is 0.255 e. The second kappa shape index (κ2) is 6.84. The monoisotopic (exact) mass is 340 g/mol. The topological polar surface area (TPSA) is 81.9 Å². The molecule has 0 spiro atoms. The number of carbonyl (C=O) groups is 2. The number of amides is 2. The highest BCUT2D eigenvalue weighted by molar-refractivity contribution is 6.00. The fraction of sp³-hybridized carbons (Fsp3) is 0.263. The van der Waals surface area contributed by atoms with Crippen molar-refractivity contribution in [3.63, 3.8) is 0 Å². The highest BCUT2D eigenvalue weighted by Gasteiger charge is 2.37. The SMILES string of the molecule is COc1ccc([C@@H]2c3ccccc3C(=O)N2CCC(N)=O)cc1OC. The van der Waals surface area contributed by atoms with Crippen molar-refractivity contribution in [3.8, 4) is 11.5 Å². The van der Waals surface area contributed by atoms with Gasteiger partial charge in [0.15, 0.2) is 11.5 Å². The second-order valence-corrected chi connectivity index (χ2v) is 5.82. The van der Waals surface area contributed by atoms with Crippen molar-refractivity contribution in [3.05, 3.63) is 59.2 Å². The van der Waals surface area contributed by atoms with Gasteiger partial charge in [0.05, 0.1) is 20.3 Å². The van der Waals surface area contributed by atoms with Crippen LogP contribution in [0.5, 0.6) is 11.5 Å². The summed E-state index contributed by atoms with van der Waals surface area (Å²) in [4.78, 5) is 25.7. The fourth-order valence-electron chi connectivity index (χ4n) is 3.21. The number of fused-ring (bicyclic) bond motifs is 1. The van der Waals surface area contributed by atoms with Crippen molar-refractivity contribution in [2.75, 3.05) is 20.8 Å². The Kier molecular flexibility index (Phi) is 4.61. The zero-order valence-electron chi connectivity index (χ0n) is 14.2. The van der Waals surface area contributed by atoms with Gasteiger partial charge in [-0.1, -0.05) is 24.3 Å². The lowest BCUT2D eigenvalue weighted by Crippen LogP contribution is -2.32. The minimum atomic E-state index is -0.435. The molecule has 2 aromatic rings. The van der Waals surface area contributed by atoms with Crippen LogP contribution in [0.1, 0.15) is 33.9 Å². The zero-order chi connectivity index (χ0) is 18.0. The molecule has 2 amide bonds. The molecular formula is C19H20N2O4. The van der Waals surface area contributed by atoms with Gasteiger partial charge in [-0.2, -0.15) is 0 Å². The molecule has 0 aromatic heterocycles. The molecule has 6 heteroatoms. The van der Waals surface area contributed by atoms with E-state index in [1.807, 2.05) is 36.4 Å². The number of benzene rings is 2. The molecule has 3 rings (SSSR count). The summed E-state index contributed by atoms with van der Waals surface area (Å²) >= 11 is 0. The number of nitrogens with two attached hydrogens (primary N) is 1. The molecule has 2 aromatic carbocycles. The third kappa shape index (κ3) is 3.03. The number of rotatable bonds is 6. The Balaban J connectivity index is 2.06. The number of primary amides is 1. The van der Waals surface area contributed by atoms with Crippen LogP contribution in [0.3, 0.4) is 0 Å². The van der Waals surface area contributed by atoms with Crippen molar-refractivity contribution < 1.29 is 19.1 Å². The Bertz CT molecular complexity index is 819. The largest absolute Gasteiger partial charge is 0.493 e. The minimum Gasteiger partial charge on any atom is -0.493 e. The molecule has 2 N–H and O–H groups in total. The van der Waals surface area contributed by atoms with Gasteiger partial charge in [0.2, 0.25) is 5.91 Å². The Morgan fingerprint density at radius 3 is 2.52 bits per heavy atom. The molecule has 0 unspecified atom stereocenters. The summed E-state index contributed by atoms with van der Waals surface area (Å²) in [6.45, 7) is 0.266. The van der Waals surface area contributed by atoms with Crippen LogP contribution in [0.2, 0.25) is 0 Å². The van der Waals surface area contributed by atoms with E-state index in [-0.39, 0.29) is 24.9 Å². The van der Waals surface area contributed by atoms with E-state index in [1.54, 1.807) is 25.2 Å². The Labute approximate surface area is 146 Å². The molecule has 0 bridgehead atoms. The lowest BCUT2D eigenvalue weighted by molar-refractivity contribution is -0.118. The second-order valence-electron chi connectivity index (χ2n) is 5.82. The Morgan fingerprint density at radius 2 is 1.84 bits per heavy atom. The molecule has 0 fully saturated rings. The number of hydrogen-bond donors (Lipinski definition) is 1. The molecule has 1 aliphatic heterocycles. The van der Waals surface area contributed by atoms with Gasteiger partial charge in [0, 0.05) is 18.5 Å². The summed E-state index contributed by atoms with van der Waals surface area (Å²) in [7, 11) is 3.14. The van der Waals surface area contributed by atoms with Crippen LogP contribution in [0.4, 0.5) is 0 Å². The van der Waals surface area contributed by atoms with E-state index in [1.165, 1.54) is 0 Å². The van der Waals surface area contributed by atoms with Crippen LogP contribution >= 0.6 is 0 Å². The molecule has 0 saturated carbocycles. The first-order valence-corrected chi connectivity index (χ1v) is 7.97. The van der Waals surface area contributed by atoms with Crippen molar-refractivity contribution in [1.29, 1.82) is 0 Å². The van der Waals surface area contributed by atoms with Gasteiger partial charge >= 0.3 is 0 Å². The van der Waals surface area contributed by atoms with Crippen molar-refractivity contribution in [1.82, 2.24) is 4.90 Å². The summed E-state index contributed by atoms with van der Waals surface area (Å²) in [6, 6.07) is 12.7. The normalized spacial score (nSPS) is 15.8. The van der Waals surface area contributed by atoms with E-state index in [4.69, 9.17) is 15.2 Å². The molecule has 1 aliphatic rings. The van der Waals surface area contributed by atoms with Crippen molar-refractivity contribution in [2.24, 2.45) is 5.73 Å². The number of ether oxygens (including phenoxy) is 2. The lowest BCUT2D eigenvalue weighted by Gasteiger charge is -2.26. The summed E-state index contributed by atoms with van der Waals surface area (Å²) < 4.78 is 10.7. The van der Waals surface area contributed by atoms with E-state index in [2.05, 4.69) is 0 Å². The predicted octanol–water partition coefficient (Wildman–Crippen LogP) is 2.12. The fourth-order valence-corrected chi connectivity index (χ4v) is 3.21. The first-order chi connectivity index (χ1) is 12.1. The van der Waals surface area contributed by atoms with E-state index < -0.39 is 5.91 Å². The molecule has 0 radical (unpaired) electrons. The predicted molar refractivity (Wildman–Crippen MR) is 92.7 cm³/mol. The number of hydrogen-bond acceptors (Lipinski definition) is 4. The van der Waals surface area contributed by atoms with E-state index in [9.17, 15) is 9.59 Å². The lowest BCUT2D eigenvalue weighted by atomic mass is 9.97. The van der Waals surface area contributed by atoms with Gasteiger partial charge in [-0.05, 0) is 29.3 Å². The average Bonchev–Trinajstić information content (AvgIpc) is 2.91. The minimum absolute atomic E-state index is 0.100. The summed E-state index contributed by atoms with van der Waals surface area (Å²) in [5.41, 5.74) is 7.72. The van der Waals surface area contributed by atoms with Crippen molar-refractivity contribution in [2.45, 2.75) is 12.5 Å².